The van der Waals surface area contributed by atoms with Crippen LogP contribution in [0.1, 0.15) is 24.3 Å². The van der Waals surface area contributed by atoms with Crippen LogP contribution >= 0.6 is 11.3 Å². The molecule has 3 nitrogen and oxygen atoms in total. The van der Waals surface area contributed by atoms with Crippen LogP contribution < -0.4 is 0 Å². The van der Waals surface area contributed by atoms with Gasteiger partial charge in [0.15, 0.2) is 0 Å². The Balaban J connectivity index is 2.56. The minimum atomic E-state index is -0.699. The molecule has 1 heterocycles. The standard InChI is InChI=1S/C13H21NO2S/c1-9(2)11(13(15)16)7-14(4)8-12-10(3)5-6-17-12/h5-6,9,11H,7-8H2,1-4H3,(H,15,16). The fraction of sp³-hybridized carbons (Fsp3) is 0.615. The topological polar surface area (TPSA) is 40.5 Å². The molecule has 0 amide bonds. The minimum Gasteiger partial charge on any atom is -0.481 e. The van der Waals surface area contributed by atoms with Crippen LogP contribution in [-0.4, -0.2) is 29.6 Å². The molecule has 0 radical (unpaired) electrons. The summed E-state index contributed by atoms with van der Waals surface area (Å²) in [5.41, 5.74) is 1.29. The van der Waals surface area contributed by atoms with Crippen molar-refractivity contribution >= 4 is 17.3 Å². The number of aryl methyl sites for hydroxylation is 1. The molecule has 0 aromatic carbocycles. The van der Waals surface area contributed by atoms with Crippen LogP contribution in [0.3, 0.4) is 0 Å². The third kappa shape index (κ3) is 4.13. The third-order valence-electron chi connectivity index (χ3n) is 3.01. The van der Waals surface area contributed by atoms with Crippen molar-refractivity contribution < 1.29 is 9.90 Å². The Labute approximate surface area is 107 Å². The first-order valence-corrected chi connectivity index (χ1v) is 6.74. The Morgan fingerprint density at radius 1 is 1.53 bits per heavy atom. The van der Waals surface area contributed by atoms with Crippen molar-refractivity contribution in [1.29, 1.82) is 0 Å². The maximum absolute atomic E-state index is 11.1. The van der Waals surface area contributed by atoms with Gasteiger partial charge in [-0.3, -0.25) is 4.79 Å². The van der Waals surface area contributed by atoms with Crippen LogP contribution in [0.15, 0.2) is 11.4 Å². The molecule has 1 N–H and O–H groups in total. The third-order valence-corrected chi connectivity index (χ3v) is 4.02. The maximum atomic E-state index is 11.1. The Kier molecular flexibility index (Phi) is 5.15. The van der Waals surface area contributed by atoms with Crippen LogP contribution in [0.2, 0.25) is 0 Å². The predicted octanol–water partition coefficient (Wildman–Crippen LogP) is 2.85. The molecule has 0 fully saturated rings. The summed E-state index contributed by atoms with van der Waals surface area (Å²) in [6.07, 6.45) is 0. The molecule has 1 aromatic heterocycles. The van der Waals surface area contributed by atoms with E-state index in [0.717, 1.165) is 6.54 Å². The number of nitrogens with zero attached hydrogens (tertiary/aromatic N) is 1. The quantitative estimate of drug-likeness (QED) is 0.849. The molecule has 0 saturated heterocycles. The largest absolute Gasteiger partial charge is 0.481 e. The first kappa shape index (κ1) is 14.2. The molecule has 17 heavy (non-hydrogen) atoms. The number of thiophene rings is 1. The van der Waals surface area contributed by atoms with Gasteiger partial charge in [-0.25, -0.2) is 0 Å². The van der Waals surface area contributed by atoms with E-state index in [1.54, 1.807) is 11.3 Å². The van der Waals surface area contributed by atoms with Crippen LogP contribution in [0.4, 0.5) is 0 Å². The lowest BCUT2D eigenvalue weighted by Gasteiger charge is -2.23. The van der Waals surface area contributed by atoms with E-state index in [4.69, 9.17) is 5.11 Å². The lowest BCUT2D eigenvalue weighted by atomic mass is 9.95. The minimum absolute atomic E-state index is 0.166. The highest BCUT2D eigenvalue weighted by atomic mass is 32.1. The molecule has 0 bridgehead atoms. The number of rotatable bonds is 6. The van der Waals surface area contributed by atoms with Crippen LogP contribution in [-0.2, 0) is 11.3 Å². The van der Waals surface area contributed by atoms with Gasteiger partial charge in [0.25, 0.3) is 0 Å². The highest BCUT2D eigenvalue weighted by Crippen LogP contribution is 2.19. The van der Waals surface area contributed by atoms with Crippen molar-refractivity contribution in [2.45, 2.75) is 27.3 Å². The molecule has 1 aromatic rings. The second kappa shape index (κ2) is 6.17. The number of carboxylic acids is 1. The van der Waals surface area contributed by atoms with Gasteiger partial charge in [0.1, 0.15) is 0 Å². The summed E-state index contributed by atoms with van der Waals surface area (Å²) in [6.45, 7) is 7.45. The molecule has 96 valence electrons. The van der Waals surface area contributed by atoms with E-state index in [1.807, 2.05) is 20.9 Å². The Hall–Kier alpha value is -0.870. The molecule has 1 unspecified atom stereocenters. The van der Waals surface area contributed by atoms with E-state index >= 15 is 0 Å². The normalized spacial score (nSPS) is 13.3. The molecule has 0 aliphatic carbocycles. The van der Waals surface area contributed by atoms with Gasteiger partial charge < -0.3 is 10.0 Å². The van der Waals surface area contributed by atoms with E-state index in [2.05, 4.69) is 23.3 Å². The molecule has 0 aliphatic rings. The molecule has 0 aliphatic heterocycles. The first-order chi connectivity index (χ1) is 7.91. The summed E-state index contributed by atoms with van der Waals surface area (Å²) in [5, 5.41) is 11.2. The van der Waals surface area contributed by atoms with Crippen molar-refractivity contribution in [3.05, 3.63) is 21.9 Å². The second-order valence-electron chi connectivity index (χ2n) is 4.91. The van der Waals surface area contributed by atoms with Gasteiger partial charge in [-0.15, -0.1) is 11.3 Å². The summed E-state index contributed by atoms with van der Waals surface area (Å²) in [7, 11) is 1.98. The van der Waals surface area contributed by atoms with Gasteiger partial charge in [0.2, 0.25) is 0 Å². The fourth-order valence-corrected chi connectivity index (χ4v) is 2.77. The average Bonchev–Trinajstić information content (AvgIpc) is 2.60. The van der Waals surface area contributed by atoms with Gasteiger partial charge in [-0.1, -0.05) is 13.8 Å². The monoisotopic (exact) mass is 255 g/mol. The van der Waals surface area contributed by atoms with E-state index in [1.165, 1.54) is 10.4 Å². The zero-order chi connectivity index (χ0) is 13.0. The van der Waals surface area contributed by atoms with Crippen molar-refractivity contribution in [3.8, 4) is 0 Å². The first-order valence-electron chi connectivity index (χ1n) is 5.86. The van der Waals surface area contributed by atoms with Crippen molar-refractivity contribution in [3.63, 3.8) is 0 Å². The zero-order valence-corrected chi connectivity index (χ0v) is 11.8. The van der Waals surface area contributed by atoms with Crippen molar-refractivity contribution in [2.24, 2.45) is 11.8 Å². The summed E-state index contributed by atoms with van der Waals surface area (Å²) < 4.78 is 0. The number of hydrogen-bond donors (Lipinski definition) is 1. The summed E-state index contributed by atoms with van der Waals surface area (Å²) >= 11 is 1.73. The lowest BCUT2D eigenvalue weighted by Crippen LogP contribution is -2.33. The van der Waals surface area contributed by atoms with Gasteiger partial charge in [-0.05, 0) is 36.9 Å². The van der Waals surface area contributed by atoms with Gasteiger partial charge in [-0.2, -0.15) is 0 Å². The fourth-order valence-electron chi connectivity index (χ4n) is 1.79. The van der Waals surface area contributed by atoms with Crippen molar-refractivity contribution in [1.82, 2.24) is 4.90 Å². The van der Waals surface area contributed by atoms with Gasteiger partial charge in [0.05, 0.1) is 5.92 Å². The molecule has 0 spiro atoms. The average molecular weight is 255 g/mol. The highest BCUT2D eigenvalue weighted by Gasteiger charge is 2.23. The van der Waals surface area contributed by atoms with Crippen LogP contribution in [0.25, 0.3) is 0 Å². The molecular formula is C13H21NO2S. The van der Waals surface area contributed by atoms with Gasteiger partial charge >= 0.3 is 5.97 Å². The summed E-state index contributed by atoms with van der Waals surface area (Å²) in [5.74, 6) is -0.825. The summed E-state index contributed by atoms with van der Waals surface area (Å²) in [6, 6.07) is 2.10. The number of hydrogen-bond acceptors (Lipinski definition) is 3. The Bertz CT molecular complexity index is 373. The molecule has 4 heteroatoms. The molecular weight excluding hydrogens is 234 g/mol. The van der Waals surface area contributed by atoms with E-state index in [9.17, 15) is 4.79 Å². The smallest absolute Gasteiger partial charge is 0.308 e. The SMILES string of the molecule is Cc1ccsc1CN(C)CC(C(=O)O)C(C)C. The van der Waals surface area contributed by atoms with E-state index in [0.29, 0.717) is 6.54 Å². The zero-order valence-electron chi connectivity index (χ0n) is 10.9. The molecule has 1 atom stereocenters. The van der Waals surface area contributed by atoms with E-state index in [-0.39, 0.29) is 11.8 Å². The number of carbonyl (C=O) groups is 1. The lowest BCUT2D eigenvalue weighted by molar-refractivity contribution is -0.143. The van der Waals surface area contributed by atoms with E-state index < -0.39 is 5.97 Å². The Morgan fingerprint density at radius 2 is 2.18 bits per heavy atom. The van der Waals surface area contributed by atoms with Crippen LogP contribution in [0.5, 0.6) is 0 Å². The molecule has 1 rings (SSSR count). The summed E-state index contributed by atoms with van der Waals surface area (Å²) in [4.78, 5) is 14.5. The molecule has 0 saturated carbocycles. The second-order valence-corrected chi connectivity index (χ2v) is 5.91. The van der Waals surface area contributed by atoms with Crippen LogP contribution in [0, 0.1) is 18.8 Å². The maximum Gasteiger partial charge on any atom is 0.308 e. The van der Waals surface area contributed by atoms with Crippen molar-refractivity contribution in [2.75, 3.05) is 13.6 Å². The van der Waals surface area contributed by atoms with Gasteiger partial charge in [0, 0.05) is 18.0 Å². The predicted molar refractivity (Wildman–Crippen MR) is 71.4 cm³/mol. The highest BCUT2D eigenvalue weighted by molar-refractivity contribution is 7.10. The Morgan fingerprint density at radius 3 is 2.59 bits per heavy atom. The number of aliphatic carboxylic acids is 1. The number of carboxylic acid groups (broad SMARTS) is 1.